The van der Waals surface area contributed by atoms with E-state index >= 15 is 0 Å². The molecule has 0 aromatic rings. The molecule has 0 spiro atoms. The molecule has 0 aliphatic carbocycles. The minimum Gasteiger partial charge on any atom is -0.388 e. The predicted molar refractivity (Wildman–Crippen MR) is 80.6 cm³/mol. The maximum absolute atomic E-state index is 12.1. The van der Waals surface area contributed by atoms with Gasteiger partial charge in [-0.05, 0) is 23.0 Å². The summed E-state index contributed by atoms with van der Waals surface area (Å²) in [5.74, 6) is 0. The third-order valence-corrected chi connectivity index (χ3v) is 6.90. The summed E-state index contributed by atoms with van der Waals surface area (Å²) in [6.45, 7) is 3.62. The molecule has 1 heterocycles. The monoisotopic (exact) mass is 374 g/mol. The smallest absolute Gasteiger partial charge is 0.388 e. The third-order valence-electron chi connectivity index (χ3n) is 3.34. The molecular weight excluding hydrogens is 350 g/mol. The molecule has 1 aliphatic heterocycles. The van der Waals surface area contributed by atoms with Crippen LogP contribution in [0.4, 0.5) is 0 Å². The van der Waals surface area contributed by atoms with Crippen molar-refractivity contribution in [1.82, 2.24) is 0 Å². The average molecular weight is 374 g/mol. The van der Waals surface area contributed by atoms with Crippen molar-refractivity contribution < 1.29 is 43.0 Å². The largest absolute Gasteiger partial charge is 0.567 e. The van der Waals surface area contributed by atoms with Crippen LogP contribution in [0.5, 0.6) is 0 Å². The summed E-state index contributed by atoms with van der Waals surface area (Å²) in [5.41, 5.74) is 0. The second-order valence-corrected chi connectivity index (χ2v) is 8.18. The van der Waals surface area contributed by atoms with E-state index in [1.54, 1.807) is 13.8 Å². The molecule has 0 bridgehead atoms. The lowest BCUT2D eigenvalue weighted by Crippen LogP contribution is -2.58. The maximum atomic E-state index is 12.1. The molecule has 1 rings (SSSR count). The Hall–Kier alpha value is -0.0800. The number of hydrogen-bond acceptors (Lipinski definition) is 9. The minimum absolute atomic E-state index is 0.144. The molecular formula is C12H24O9P2+2. The molecule has 23 heavy (non-hydrogen) atoms. The van der Waals surface area contributed by atoms with Crippen molar-refractivity contribution in [2.24, 2.45) is 0 Å². The first-order valence-electron chi connectivity index (χ1n) is 7.28. The Morgan fingerprint density at radius 3 is 1.96 bits per heavy atom. The highest BCUT2D eigenvalue weighted by Gasteiger charge is 2.56. The van der Waals surface area contributed by atoms with E-state index in [1.807, 2.05) is 0 Å². The van der Waals surface area contributed by atoms with Gasteiger partial charge in [-0.1, -0.05) is 0 Å². The summed E-state index contributed by atoms with van der Waals surface area (Å²) in [4.78, 5) is 0. The minimum atomic E-state index is -2.32. The van der Waals surface area contributed by atoms with Gasteiger partial charge in [0.2, 0.25) is 0 Å². The zero-order valence-corrected chi connectivity index (χ0v) is 15.1. The summed E-state index contributed by atoms with van der Waals surface area (Å²) < 4.78 is 44.5. The fourth-order valence-electron chi connectivity index (χ4n) is 2.19. The molecule has 0 aromatic heterocycles. The molecule has 134 valence electrons. The quantitative estimate of drug-likeness (QED) is 0.499. The molecule has 7 atom stereocenters. The fraction of sp³-hybridized carbons (Fsp3) is 1.00. The first-order chi connectivity index (χ1) is 10.9. The van der Waals surface area contributed by atoms with Crippen molar-refractivity contribution >= 4 is 16.1 Å². The predicted octanol–water partition coefficient (Wildman–Crippen LogP) is 0.714. The van der Waals surface area contributed by atoms with Gasteiger partial charge in [0.05, 0.1) is 25.7 Å². The van der Waals surface area contributed by atoms with Gasteiger partial charge in [-0.3, -0.25) is 0 Å². The van der Waals surface area contributed by atoms with E-state index < -0.39 is 52.2 Å². The van der Waals surface area contributed by atoms with E-state index in [4.69, 9.17) is 18.5 Å². The zero-order chi connectivity index (χ0) is 17.6. The van der Waals surface area contributed by atoms with Crippen LogP contribution in [0, 0.1) is 0 Å². The second kappa shape index (κ2) is 10.0. The summed E-state index contributed by atoms with van der Waals surface area (Å²) in [6, 6.07) is 0. The first kappa shape index (κ1) is 21.0. The number of aliphatic hydroxyl groups excluding tert-OH is 3. The first-order valence-corrected chi connectivity index (χ1v) is 9.77. The van der Waals surface area contributed by atoms with E-state index in [1.165, 1.54) is 7.11 Å². The molecule has 1 fully saturated rings. The standard InChI is InChI=1S/C12H24O9P2/c1-4-19-22(16)8(23(17)20-5-2)6-7-9(13)10(14)11(15)12(18-3)21-7/h7-15H,4-6H2,1-3H3/q+2/t7-,9-,10+,11+,12+/m1/s1. The summed E-state index contributed by atoms with van der Waals surface area (Å²) in [5, 5.41) is 28.6. The van der Waals surface area contributed by atoms with Crippen LogP contribution in [-0.4, -0.2) is 71.7 Å². The van der Waals surface area contributed by atoms with Crippen molar-refractivity contribution in [3.05, 3.63) is 0 Å². The van der Waals surface area contributed by atoms with E-state index in [9.17, 15) is 24.4 Å². The number of hydrogen-bond donors (Lipinski definition) is 3. The van der Waals surface area contributed by atoms with Crippen LogP contribution in [-0.2, 0) is 27.7 Å². The van der Waals surface area contributed by atoms with Gasteiger partial charge in [0.1, 0.15) is 18.3 Å². The molecule has 1 saturated heterocycles. The van der Waals surface area contributed by atoms with Gasteiger partial charge in [0, 0.05) is 7.11 Å². The van der Waals surface area contributed by atoms with Crippen LogP contribution < -0.4 is 0 Å². The molecule has 11 heteroatoms. The molecule has 0 saturated carbocycles. The molecule has 3 N–H and O–H groups in total. The Balaban J connectivity index is 2.88. The van der Waals surface area contributed by atoms with Crippen molar-refractivity contribution in [3.8, 4) is 0 Å². The highest BCUT2D eigenvalue weighted by atomic mass is 31.2. The lowest BCUT2D eigenvalue weighted by Gasteiger charge is -2.39. The number of aliphatic hydroxyl groups is 3. The van der Waals surface area contributed by atoms with Crippen LogP contribution in [0.25, 0.3) is 0 Å². The van der Waals surface area contributed by atoms with Gasteiger partial charge >= 0.3 is 21.5 Å². The van der Waals surface area contributed by atoms with Crippen LogP contribution in [0.3, 0.4) is 0 Å². The summed E-state index contributed by atoms with van der Waals surface area (Å²) >= 11 is 0. The number of rotatable bonds is 9. The molecule has 2 unspecified atom stereocenters. The highest BCUT2D eigenvalue weighted by molar-refractivity contribution is 7.58. The van der Waals surface area contributed by atoms with Crippen molar-refractivity contribution in [2.45, 2.75) is 56.4 Å². The zero-order valence-electron chi connectivity index (χ0n) is 13.3. The van der Waals surface area contributed by atoms with Gasteiger partial charge in [0.15, 0.2) is 6.29 Å². The number of ether oxygens (including phenoxy) is 2. The Morgan fingerprint density at radius 2 is 1.52 bits per heavy atom. The molecule has 0 aromatic carbocycles. The Kier molecular flexibility index (Phi) is 9.15. The normalized spacial score (nSPS) is 34.1. The third kappa shape index (κ3) is 5.46. The molecule has 9 nitrogen and oxygen atoms in total. The summed E-state index contributed by atoms with van der Waals surface area (Å²) in [7, 11) is -3.36. The van der Waals surface area contributed by atoms with E-state index in [2.05, 4.69) is 0 Å². The van der Waals surface area contributed by atoms with E-state index in [0.29, 0.717) is 0 Å². The van der Waals surface area contributed by atoms with Gasteiger partial charge < -0.3 is 24.8 Å². The van der Waals surface area contributed by atoms with Crippen LogP contribution in [0.1, 0.15) is 20.3 Å². The van der Waals surface area contributed by atoms with Crippen LogP contribution in [0.2, 0.25) is 0 Å². The molecule has 0 radical (unpaired) electrons. The Morgan fingerprint density at radius 1 is 1.00 bits per heavy atom. The highest BCUT2D eigenvalue weighted by Crippen LogP contribution is 2.49. The topological polar surface area (TPSA) is 132 Å². The lowest BCUT2D eigenvalue weighted by molar-refractivity contribution is -0.290. The maximum Gasteiger partial charge on any atom is 0.567 e. The average Bonchev–Trinajstić information content (AvgIpc) is 2.52. The van der Waals surface area contributed by atoms with Crippen LogP contribution >= 0.6 is 16.1 Å². The lowest BCUT2D eigenvalue weighted by atomic mass is 9.97. The van der Waals surface area contributed by atoms with E-state index in [0.717, 1.165) is 0 Å². The number of methoxy groups -OCH3 is 1. The Labute approximate surface area is 136 Å². The summed E-state index contributed by atoms with van der Waals surface area (Å²) in [6.07, 6.45) is -6.72. The molecule has 1 aliphatic rings. The fourth-order valence-corrected chi connectivity index (χ4v) is 4.82. The van der Waals surface area contributed by atoms with Crippen molar-refractivity contribution in [3.63, 3.8) is 0 Å². The molecule has 0 amide bonds. The van der Waals surface area contributed by atoms with Crippen molar-refractivity contribution in [1.29, 1.82) is 0 Å². The SMILES string of the molecule is CCO[P+](=O)C(C[C@H]1O[C@H](OC)[C@@H](O)[C@@H](O)[C@@H]1O)[P+](=O)OCC. The van der Waals surface area contributed by atoms with Gasteiger partial charge in [-0.25, -0.2) is 0 Å². The van der Waals surface area contributed by atoms with Crippen molar-refractivity contribution in [2.75, 3.05) is 20.3 Å². The van der Waals surface area contributed by atoms with Crippen LogP contribution in [0.15, 0.2) is 0 Å². The van der Waals surface area contributed by atoms with E-state index in [-0.39, 0.29) is 19.6 Å². The van der Waals surface area contributed by atoms with Gasteiger partial charge in [-0.2, -0.15) is 0 Å². The van der Waals surface area contributed by atoms with Gasteiger partial charge in [-0.15, -0.1) is 9.05 Å². The Bertz CT molecular complexity index is 388. The van der Waals surface area contributed by atoms with Gasteiger partial charge in [0.25, 0.3) is 0 Å². The second-order valence-electron chi connectivity index (χ2n) is 4.87.